The lowest BCUT2D eigenvalue weighted by Gasteiger charge is -2.39. The molecule has 0 heterocycles. The third-order valence-corrected chi connectivity index (χ3v) is 4.10. The molecule has 0 aromatic carbocycles. The molecule has 3 heteroatoms. The quantitative estimate of drug-likeness (QED) is 0.670. The molecular formula is C14H27NO2. The van der Waals surface area contributed by atoms with Crippen LogP contribution in [0.3, 0.4) is 0 Å². The molecule has 17 heavy (non-hydrogen) atoms. The Balaban J connectivity index is 2.49. The van der Waals surface area contributed by atoms with E-state index in [0.717, 1.165) is 19.0 Å². The Hall–Kier alpha value is -0.570. The van der Waals surface area contributed by atoms with Crippen molar-refractivity contribution in [2.75, 3.05) is 20.2 Å². The molecule has 2 atom stereocenters. The fourth-order valence-corrected chi connectivity index (χ4v) is 3.04. The number of nitrogens with zero attached hydrogens (tertiary/aromatic N) is 1. The predicted octanol–water partition coefficient (Wildman–Crippen LogP) is 2.84. The minimum Gasteiger partial charge on any atom is -0.469 e. The predicted molar refractivity (Wildman–Crippen MR) is 69.9 cm³/mol. The van der Waals surface area contributed by atoms with Crippen LogP contribution in [0.2, 0.25) is 0 Å². The SMILES string of the molecule is CCC1CCCCC1N(CC)CCC(=O)OC. The fraction of sp³-hybridized carbons (Fsp3) is 0.929. The number of carbonyl (C=O) groups is 1. The molecule has 0 amide bonds. The summed E-state index contributed by atoms with van der Waals surface area (Å²) in [6.45, 7) is 6.37. The highest BCUT2D eigenvalue weighted by molar-refractivity contribution is 5.69. The van der Waals surface area contributed by atoms with Gasteiger partial charge in [-0.1, -0.05) is 33.1 Å². The summed E-state index contributed by atoms with van der Waals surface area (Å²) in [6.07, 6.45) is 7.17. The van der Waals surface area contributed by atoms with Gasteiger partial charge < -0.3 is 4.74 Å². The maximum Gasteiger partial charge on any atom is 0.306 e. The molecule has 0 N–H and O–H groups in total. The molecule has 1 saturated carbocycles. The number of carbonyl (C=O) groups excluding carboxylic acids is 1. The first-order valence-corrected chi connectivity index (χ1v) is 7.03. The average molecular weight is 241 g/mol. The average Bonchev–Trinajstić information content (AvgIpc) is 2.39. The zero-order chi connectivity index (χ0) is 12.7. The van der Waals surface area contributed by atoms with Crippen molar-refractivity contribution < 1.29 is 9.53 Å². The van der Waals surface area contributed by atoms with Gasteiger partial charge in [0, 0.05) is 12.6 Å². The summed E-state index contributed by atoms with van der Waals surface area (Å²) in [4.78, 5) is 13.7. The van der Waals surface area contributed by atoms with Crippen LogP contribution >= 0.6 is 0 Å². The largest absolute Gasteiger partial charge is 0.469 e. The smallest absolute Gasteiger partial charge is 0.306 e. The minimum atomic E-state index is -0.0905. The van der Waals surface area contributed by atoms with Gasteiger partial charge in [0.05, 0.1) is 13.5 Å². The van der Waals surface area contributed by atoms with Gasteiger partial charge in [-0.05, 0) is 25.3 Å². The normalized spacial score (nSPS) is 24.9. The monoisotopic (exact) mass is 241 g/mol. The van der Waals surface area contributed by atoms with Crippen molar-refractivity contribution in [3.63, 3.8) is 0 Å². The van der Waals surface area contributed by atoms with E-state index in [9.17, 15) is 4.79 Å². The van der Waals surface area contributed by atoms with Gasteiger partial charge in [0.1, 0.15) is 0 Å². The van der Waals surface area contributed by atoms with E-state index in [1.165, 1.54) is 39.2 Å². The molecule has 0 spiro atoms. The molecule has 100 valence electrons. The molecule has 0 saturated heterocycles. The summed E-state index contributed by atoms with van der Waals surface area (Å²) >= 11 is 0. The van der Waals surface area contributed by atoms with E-state index in [1.807, 2.05) is 0 Å². The van der Waals surface area contributed by atoms with Gasteiger partial charge in [-0.15, -0.1) is 0 Å². The van der Waals surface area contributed by atoms with E-state index in [0.29, 0.717) is 12.5 Å². The molecule has 0 aliphatic heterocycles. The van der Waals surface area contributed by atoms with E-state index in [2.05, 4.69) is 18.7 Å². The summed E-state index contributed by atoms with van der Waals surface area (Å²) in [6, 6.07) is 0.684. The third-order valence-electron chi connectivity index (χ3n) is 4.10. The van der Waals surface area contributed by atoms with Crippen LogP contribution < -0.4 is 0 Å². The van der Waals surface area contributed by atoms with Gasteiger partial charge in [0.15, 0.2) is 0 Å². The van der Waals surface area contributed by atoms with E-state index < -0.39 is 0 Å². The standard InChI is InChI=1S/C14H27NO2/c1-4-12-8-6-7-9-13(12)15(5-2)11-10-14(16)17-3/h12-13H,4-11H2,1-3H3. The molecule has 0 bridgehead atoms. The summed E-state index contributed by atoms with van der Waals surface area (Å²) in [5, 5.41) is 0. The maximum atomic E-state index is 11.2. The molecule has 0 radical (unpaired) electrons. The lowest BCUT2D eigenvalue weighted by Crippen LogP contribution is -2.43. The second kappa shape index (κ2) is 7.70. The summed E-state index contributed by atoms with van der Waals surface area (Å²) in [5.74, 6) is 0.730. The van der Waals surface area contributed by atoms with Crippen molar-refractivity contribution in [2.45, 2.75) is 58.4 Å². The Kier molecular flexibility index (Phi) is 6.56. The highest BCUT2D eigenvalue weighted by Gasteiger charge is 2.28. The number of rotatable bonds is 6. The molecule has 3 nitrogen and oxygen atoms in total. The van der Waals surface area contributed by atoms with E-state index in [4.69, 9.17) is 4.74 Å². The second-order valence-corrected chi connectivity index (χ2v) is 4.97. The Labute approximate surface area is 106 Å². The van der Waals surface area contributed by atoms with Gasteiger partial charge in [-0.2, -0.15) is 0 Å². The summed E-state index contributed by atoms with van der Waals surface area (Å²) < 4.78 is 4.72. The van der Waals surface area contributed by atoms with Gasteiger partial charge in [-0.25, -0.2) is 0 Å². The Bertz CT molecular complexity index is 230. The van der Waals surface area contributed by atoms with Crippen LogP contribution in [-0.2, 0) is 9.53 Å². The van der Waals surface area contributed by atoms with Crippen LogP contribution in [0.25, 0.3) is 0 Å². The minimum absolute atomic E-state index is 0.0905. The van der Waals surface area contributed by atoms with Gasteiger partial charge in [0.25, 0.3) is 0 Å². The number of methoxy groups -OCH3 is 1. The number of hydrogen-bond acceptors (Lipinski definition) is 3. The molecule has 1 fully saturated rings. The Morgan fingerprint density at radius 2 is 2.00 bits per heavy atom. The number of ether oxygens (including phenoxy) is 1. The lowest BCUT2D eigenvalue weighted by molar-refractivity contribution is -0.141. The lowest BCUT2D eigenvalue weighted by atomic mass is 9.82. The van der Waals surface area contributed by atoms with Crippen LogP contribution in [0, 0.1) is 5.92 Å². The molecule has 1 aliphatic rings. The van der Waals surface area contributed by atoms with Crippen molar-refractivity contribution in [3.05, 3.63) is 0 Å². The highest BCUT2D eigenvalue weighted by Crippen LogP contribution is 2.30. The van der Waals surface area contributed by atoms with Crippen molar-refractivity contribution in [1.29, 1.82) is 0 Å². The first-order valence-electron chi connectivity index (χ1n) is 7.03. The van der Waals surface area contributed by atoms with Gasteiger partial charge >= 0.3 is 5.97 Å². The van der Waals surface area contributed by atoms with Crippen molar-refractivity contribution in [1.82, 2.24) is 4.90 Å². The van der Waals surface area contributed by atoms with E-state index in [-0.39, 0.29) is 5.97 Å². The number of hydrogen-bond donors (Lipinski definition) is 0. The molecule has 0 aromatic rings. The molecular weight excluding hydrogens is 214 g/mol. The van der Waals surface area contributed by atoms with Crippen molar-refractivity contribution in [3.8, 4) is 0 Å². The third kappa shape index (κ3) is 4.30. The molecule has 1 aliphatic carbocycles. The Morgan fingerprint density at radius 1 is 1.29 bits per heavy atom. The molecule has 0 aromatic heterocycles. The molecule has 1 rings (SSSR count). The number of esters is 1. The molecule has 2 unspecified atom stereocenters. The van der Waals surface area contributed by atoms with E-state index in [1.54, 1.807) is 0 Å². The van der Waals surface area contributed by atoms with Crippen LogP contribution in [0.5, 0.6) is 0 Å². The summed E-state index contributed by atoms with van der Waals surface area (Å²) in [7, 11) is 1.47. The van der Waals surface area contributed by atoms with Gasteiger partial charge in [-0.3, -0.25) is 9.69 Å². The Morgan fingerprint density at radius 3 is 2.59 bits per heavy atom. The fourth-order valence-electron chi connectivity index (χ4n) is 3.04. The first-order chi connectivity index (χ1) is 8.22. The van der Waals surface area contributed by atoms with Crippen LogP contribution in [-0.4, -0.2) is 37.1 Å². The first kappa shape index (κ1) is 14.5. The maximum absolute atomic E-state index is 11.2. The van der Waals surface area contributed by atoms with Crippen molar-refractivity contribution >= 4 is 5.97 Å². The zero-order valence-corrected chi connectivity index (χ0v) is 11.6. The van der Waals surface area contributed by atoms with E-state index >= 15 is 0 Å². The van der Waals surface area contributed by atoms with Crippen molar-refractivity contribution in [2.24, 2.45) is 5.92 Å². The van der Waals surface area contributed by atoms with Crippen LogP contribution in [0.4, 0.5) is 0 Å². The zero-order valence-electron chi connectivity index (χ0n) is 11.6. The van der Waals surface area contributed by atoms with Crippen LogP contribution in [0.1, 0.15) is 52.4 Å². The summed E-state index contributed by atoms with van der Waals surface area (Å²) in [5.41, 5.74) is 0. The topological polar surface area (TPSA) is 29.5 Å². The van der Waals surface area contributed by atoms with Crippen LogP contribution in [0.15, 0.2) is 0 Å². The highest BCUT2D eigenvalue weighted by atomic mass is 16.5. The second-order valence-electron chi connectivity index (χ2n) is 4.97. The van der Waals surface area contributed by atoms with Gasteiger partial charge in [0.2, 0.25) is 0 Å².